The monoisotopic (exact) mass is 311 g/mol. The molecule has 0 saturated carbocycles. The molecule has 1 N–H and O–H groups in total. The van der Waals surface area contributed by atoms with E-state index in [4.69, 9.17) is 27.9 Å². The quantitative estimate of drug-likeness (QED) is 0.879. The minimum Gasteiger partial charge on any atom is -0.495 e. The normalized spacial score (nSPS) is 11.6. The van der Waals surface area contributed by atoms with E-state index < -0.39 is 10.0 Å². The van der Waals surface area contributed by atoms with Gasteiger partial charge in [0.15, 0.2) is 0 Å². The van der Waals surface area contributed by atoms with E-state index in [1.165, 1.54) is 7.11 Å². The highest BCUT2D eigenvalue weighted by Crippen LogP contribution is 2.32. The summed E-state index contributed by atoms with van der Waals surface area (Å²) in [7, 11) is -1.80. The maximum atomic E-state index is 11.6. The van der Waals surface area contributed by atoms with Gasteiger partial charge in [-0.15, -0.1) is 0 Å². The van der Waals surface area contributed by atoms with Crippen LogP contribution in [0.3, 0.4) is 0 Å². The summed E-state index contributed by atoms with van der Waals surface area (Å²) in [6.45, 7) is 1.90. The number of hydrogen-bond donors (Lipinski definition) is 1. The van der Waals surface area contributed by atoms with Crippen molar-refractivity contribution < 1.29 is 13.2 Å². The first-order valence-electron chi connectivity index (χ1n) is 5.39. The van der Waals surface area contributed by atoms with Gasteiger partial charge in [0.2, 0.25) is 10.0 Å². The first-order chi connectivity index (χ1) is 8.39. The Kier molecular flexibility index (Phi) is 5.72. The van der Waals surface area contributed by atoms with E-state index in [2.05, 4.69) is 4.72 Å². The van der Waals surface area contributed by atoms with Gasteiger partial charge in [0.05, 0.1) is 17.9 Å². The lowest BCUT2D eigenvalue weighted by Gasteiger charge is -2.12. The van der Waals surface area contributed by atoms with Crippen molar-refractivity contribution >= 4 is 33.2 Å². The average Bonchev–Trinajstić information content (AvgIpc) is 2.26. The molecule has 0 aliphatic rings. The number of hydrogen-bond acceptors (Lipinski definition) is 3. The first-order valence-corrected chi connectivity index (χ1v) is 7.79. The Morgan fingerprint density at radius 1 is 1.33 bits per heavy atom. The molecule has 0 atom stereocenters. The van der Waals surface area contributed by atoms with Crippen LogP contribution in [-0.2, 0) is 16.6 Å². The van der Waals surface area contributed by atoms with Gasteiger partial charge >= 0.3 is 0 Å². The van der Waals surface area contributed by atoms with Crippen LogP contribution in [0.4, 0.5) is 0 Å². The summed E-state index contributed by atoms with van der Waals surface area (Å²) >= 11 is 11.8. The van der Waals surface area contributed by atoms with Crippen LogP contribution < -0.4 is 9.46 Å². The predicted molar refractivity (Wildman–Crippen MR) is 73.9 cm³/mol. The van der Waals surface area contributed by atoms with Gasteiger partial charge in [-0.2, -0.15) is 0 Å². The van der Waals surface area contributed by atoms with Crippen molar-refractivity contribution in [2.75, 3.05) is 12.9 Å². The van der Waals surface area contributed by atoms with Gasteiger partial charge < -0.3 is 4.74 Å². The summed E-state index contributed by atoms with van der Waals surface area (Å²) in [5.74, 6) is 0.518. The standard InChI is InChI=1S/C11H15Cl2NO3S/c1-3-4-18(15,16)14-7-8-5-9(12)6-10(13)11(8)17-2/h5-6,14H,3-4,7H2,1-2H3. The minimum atomic E-state index is -3.27. The smallest absolute Gasteiger partial charge is 0.211 e. The molecule has 0 heterocycles. The Morgan fingerprint density at radius 2 is 2.00 bits per heavy atom. The van der Waals surface area contributed by atoms with Crippen molar-refractivity contribution in [3.8, 4) is 5.75 Å². The molecular weight excluding hydrogens is 297 g/mol. The van der Waals surface area contributed by atoms with Crippen molar-refractivity contribution in [3.63, 3.8) is 0 Å². The molecule has 0 saturated heterocycles. The second kappa shape index (κ2) is 6.61. The lowest BCUT2D eigenvalue weighted by atomic mass is 10.2. The zero-order chi connectivity index (χ0) is 13.8. The molecule has 0 amide bonds. The second-order valence-electron chi connectivity index (χ2n) is 3.72. The average molecular weight is 312 g/mol. The van der Waals surface area contributed by atoms with E-state index in [0.29, 0.717) is 27.8 Å². The summed E-state index contributed by atoms with van der Waals surface area (Å²) < 4.78 is 30.7. The third-order valence-corrected chi connectivity index (χ3v) is 4.27. The Hall–Kier alpha value is -0.490. The summed E-state index contributed by atoms with van der Waals surface area (Å²) in [5, 5.41) is 0.792. The van der Waals surface area contributed by atoms with Gasteiger partial charge in [-0.1, -0.05) is 30.1 Å². The Bertz CT molecular complexity index is 517. The highest BCUT2D eigenvalue weighted by atomic mass is 35.5. The van der Waals surface area contributed by atoms with E-state index in [-0.39, 0.29) is 12.3 Å². The molecule has 0 unspecified atom stereocenters. The van der Waals surface area contributed by atoms with Crippen LogP contribution in [0.15, 0.2) is 12.1 Å². The number of halogens is 2. The van der Waals surface area contributed by atoms with Crippen LogP contribution in [0, 0.1) is 0 Å². The Labute approximate surface area is 117 Å². The molecule has 0 radical (unpaired) electrons. The zero-order valence-electron chi connectivity index (χ0n) is 10.2. The van der Waals surface area contributed by atoms with E-state index in [0.717, 1.165) is 0 Å². The third kappa shape index (κ3) is 4.31. The second-order valence-corrected chi connectivity index (χ2v) is 6.49. The number of ether oxygens (including phenoxy) is 1. The Morgan fingerprint density at radius 3 is 2.56 bits per heavy atom. The fraction of sp³-hybridized carbons (Fsp3) is 0.455. The maximum Gasteiger partial charge on any atom is 0.211 e. The molecule has 0 bridgehead atoms. The zero-order valence-corrected chi connectivity index (χ0v) is 12.5. The lowest BCUT2D eigenvalue weighted by Crippen LogP contribution is -2.25. The fourth-order valence-corrected chi connectivity index (χ4v) is 3.17. The molecule has 0 spiro atoms. The molecule has 0 fully saturated rings. The van der Waals surface area contributed by atoms with Crippen molar-refractivity contribution in [2.24, 2.45) is 0 Å². The summed E-state index contributed by atoms with van der Waals surface area (Å²) in [4.78, 5) is 0. The molecule has 0 aliphatic carbocycles. The van der Waals surface area contributed by atoms with Crippen molar-refractivity contribution in [3.05, 3.63) is 27.7 Å². The van der Waals surface area contributed by atoms with Crippen molar-refractivity contribution in [1.29, 1.82) is 0 Å². The molecular formula is C11H15Cl2NO3S. The van der Waals surface area contributed by atoms with Crippen LogP contribution in [0.5, 0.6) is 5.75 Å². The Balaban J connectivity index is 2.91. The minimum absolute atomic E-state index is 0.0869. The predicted octanol–water partition coefficient (Wildman–Crippen LogP) is 2.83. The van der Waals surface area contributed by atoms with E-state index in [1.807, 2.05) is 0 Å². The van der Waals surface area contributed by atoms with Gasteiger partial charge in [-0.25, -0.2) is 13.1 Å². The molecule has 0 aliphatic heterocycles. The van der Waals surface area contributed by atoms with E-state index >= 15 is 0 Å². The molecule has 0 aromatic heterocycles. The molecule has 1 aromatic carbocycles. The highest BCUT2D eigenvalue weighted by molar-refractivity contribution is 7.89. The summed E-state index contributed by atoms with van der Waals surface area (Å²) in [6.07, 6.45) is 0.558. The number of methoxy groups -OCH3 is 1. The molecule has 7 heteroatoms. The van der Waals surface area contributed by atoms with Crippen molar-refractivity contribution in [2.45, 2.75) is 19.9 Å². The SMILES string of the molecule is CCCS(=O)(=O)NCc1cc(Cl)cc(Cl)c1OC. The van der Waals surface area contributed by atoms with Crippen LogP contribution in [0.2, 0.25) is 10.0 Å². The van der Waals surface area contributed by atoms with Crippen LogP contribution >= 0.6 is 23.2 Å². The van der Waals surface area contributed by atoms with Gasteiger partial charge in [0.25, 0.3) is 0 Å². The first kappa shape index (κ1) is 15.6. The number of rotatable bonds is 6. The largest absolute Gasteiger partial charge is 0.495 e. The number of nitrogens with one attached hydrogen (secondary N) is 1. The lowest BCUT2D eigenvalue weighted by molar-refractivity contribution is 0.409. The van der Waals surface area contributed by atoms with Gasteiger partial charge in [0, 0.05) is 17.1 Å². The van der Waals surface area contributed by atoms with Gasteiger partial charge in [-0.3, -0.25) is 0 Å². The summed E-state index contributed by atoms with van der Waals surface area (Å²) in [5.41, 5.74) is 0.606. The molecule has 4 nitrogen and oxygen atoms in total. The highest BCUT2D eigenvalue weighted by Gasteiger charge is 2.13. The molecule has 102 valence electrons. The number of benzene rings is 1. The summed E-state index contributed by atoms with van der Waals surface area (Å²) in [6, 6.07) is 3.17. The van der Waals surface area contributed by atoms with Crippen LogP contribution in [0.1, 0.15) is 18.9 Å². The van der Waals surface area contributed by atoms with Crippen molar-refractivity contribution in [1.82, 2.24) is 4.72 Å². The van der Waals surface area contributed by atoms with Crippen LogP contribution in [-0.4, -0.2) is 21.3 Å². The van der Waals surface area contributed by atoms with Gasteiger partial charge in [0.1, 0.15) is 5.75 Å². The fourth-order valence-electron chi connectivity index (χ4n) is 1.50. The van der Waals surface area contributed by atoms with E-state index in [1.54, 1.807) is 19.1 Å². The molecule has 1 rings (SSSR count). The van der Waals surface area contributed by atoms with E-state index in [9.17, 15) is 8.42 Å². The number of sulfonamides is 1. The maximum absolute atomic E-state index is 11.6. The molecule has 18 heavy (non-hydrogen) atoms. The van der Waals surface area contributed by atoms with Crippen LogP contribution in [0.25, 0.3) is 0 Å². The molecule has 1 aromatic rings. The van der Waals surface area contributed by atoms with Gasteiger partial charge in [-0.05, 0) is 18.6 Å². The topological polar surface area (TPSA) is 55.4 Å². The third-order valence-electron chi connectivity index (χ3n) is 2.24.